The standard InChI is InChI=1S/C18H22N4O/c1-2-21(12-6-9-15-7-4-3-5-8-15)18(23)16-10-11-17-19-14-20-22(17)13-16/h3-9,14,16H,2,10-13H2,1H3/b9-6+. The van der Waals surface area contributed by atoms with Crippen LogP contribution in [0.5, 0.6) is 0 Å². The van der Waals surface area contributed by atoms with Crippen molar-refractivity contribution in [2.24, 2.45) is 5.92 Å². The average Bonchev–Trinajstić information content (AvgIpc) is 3.07. The van der Waals surface area contributed by atoms with E-state index in [0.717, 1.165) is 30.8 Å². The Morgan fingerprint density at radius 1 is 1.39 bits per heavy atom. The van der Waals surface area contributed by atoms with Gasteiger partial charge in [0.25, 0.3) is 0 Å². The number of hydrogen-bond acceptors (Lipinski definition) is 3. The molecule has 1 aromatic carbocycles. The van der Waals surface area contributed by atoms with E-state index in [2.05, 4.69) is 34.4 Å². The van der Waals surface area contributed by atoms with Crippen LogP contribution in [-0.2, 0) is 17.8 Å². The highest BCUT2D eigenvalue weighted by Gasteiger charge is 2.28. The van der Waals surface area contributed by atoms with Gasteiger partial charge in [0.2, 0.25) is 5.91 Å². The maximum absolute atomic E-state index is 12.7. The predicted octanol–water partition coefficient (Wildman–Crippen LogP) is 2.40. The number of amides is 1. The first kappa shape index (κ1) is 15.5. The molecule has 0 saturated heterocycles. The normalized spacial score (nSPS) is 17.2. The lowest BCUT2D eigenvalue weighted by molar-refractivity contribution is -0.135. The number of hydrogen-bond donors (Lipinski definition) is 0. The van der Waals surface area contributed by atoms with Crippen molar-refractivity contribution in [3.63, 3.8) is 0 Å². The van der Waals surface area contributed by atoms with Gasteiger partial charge >= 0.3 is 0 Å². The van der Waals surface area contributed by atoms with Gasteiger partial charge in [-0.2, -0.15) is 5.10 Å². The first-order valence-electron chi connectivity index (χ1n) is 8.15. The minimum absolute atomic E-state index is 0.00859. The lowest BCUT2D eigenvalue weighted by Gasteiger charge is -2.28. The summed E-state index contributed by atoms with van der Waals surface area (Å²) in [5.41, 5.74) is 1.15. The van der Waals surface area contributed by atoms with Gasteiger partial charge in [0.1, 0.15) is 12.2 Å². The predicted molar refractivity (Wildman–Crippen MR) is 89.6 cm³/mol. The number of rotatable bonds is 5. The van der Waals surface area contributed by atoms with Crippen molar-refractivity contribution in [1.29, 1.82) is 0 Å². The minimum atomic E-state index is 0.00859. The Hall–Kier alpha value is -2.43. The van der Waals surface area contributed by atoms with Crippen molar-refractivity contribution in [3.8, 4) is 0 Å². The molecule has 0 spiro atoms. The van der Waals surface area contributed by atoms with Crippen LogP contribution >= 0.6 is 0 Å². The zero-order valence-corrected chi connectivity index (χ0v) is 13.4. The van der Waals surface area contributed by atoms with E-state index in [4.69, 9.17) is 0 Å². The lowest BCUT2D eigenvalue weighted by Crippen LogP contribution is -2.40. The summed E-state index contributed by atoms with van der Waals surface area (Å²) in [6, 6.07) is 10.1. The first-order valence-corrected chi connectivity index (χ1v) is 8.15. The molecule has 1 aromatic heterocycles. The average molecular weight is 310 g/mol. The third-order valence-electron chi connectivity index (χ3n) is 4.28. The Labute approximate surface area is 136 Å². The van der Waals surface area contributed by atoms with Crippen LogP contribution in [0.4, 0.5) is 0 Å². The van der Waals surface area contributed by atoms with Gasteiger partial charge in [-0.05, 0) is 18.9 Å². The van der Waals surface area contributed by atoms with Gasteiger partial charge < -0.3 is 4.90 Å². The molecule has 1 amide bonds. The number of fused-ring (bicyclic) bond motifs is 1. The van der Waals surface area contributed by atoms with Gasteiger partial charge in [0.05, 0.1) is 12.5 Å². The van der Waals surface area contributed by atoms with Crippen molar-refractivity contribution in [2.75, 3.05) is 13.1 Å². The maximum atomic E-state index is 12.7. The van der Waals surface area contributed by atoms with Crippen molar-refractivity contribution in [2.45, 2.75) is 26.3 Å². The molecular weight excluding hydrogens is 288 g/mol. The molecule has 2 aromatic rings. The largest absolute Gasteiger partial charge is 0.339 e. The molecule has 1 atom stereocenters. The number of nitrogens with zero attached hydrogens (tertiary/aromatic N) is 4. The SMILES string of the molecule is CCN(C/C=C/c1ccccc1)C(=O)C1CCc2ncnn2C1. The second-order valence-corrected chi connectivity index (χ2v) is 5.78. The Balaban J connectivity index is 1.60. The smallest absolute Gasteiger partial charge is 0.227 e. The summed E-state index contributed by atoms with van der Waals surface area (Å²) in [4.78, 5) is 18.9. The highest BCUT2D eigenvalue weighted by atomic mass is 16.2. The van der Waals surface area contributed by atoms with Crippen molar-refractivity contribution < 1.29 is 4.79 Å². The van der Waals surface area contributed by atoms with Gasteiger partial charge in [-0.15, -0.1) is 0 Å². The quantitative estimate of drug-likeness (QED) is 0.852. The number of likely N-dealkylation sites (N-methyl/N-ethyl adjacent to an activating group) is 1. The highest BCUT2D eigenvalue weighted by Crippen LogP contribution is 2.19. The summed E-state index contributed by atoms with van der Waals surface area (Å²) in [6.07, 6.45) is 7.37. The summed E-state index contributed by atoms with van der Waals surface area (Å²) in [7, 11) is 0. The molecule has 1 unspecified atom stereocenters. The second kappa shape index (κ2) is 7.22. The van der Waals surface area contributed by atoms with Gasteiger partial charge in [0.15, 0.2) is 0 Å². The molecule has 5 heteroatoms. The van der Waals surface area contributed by atoms with Crippen LogP contribution in [0.1, 0.15) is 24.7 Å². The van der Waals surface area contributed by atoms with E-state index in [9.17, 15) is 4.79 Å². The van der Waals surface area contributed by atoms with Crippen LogP contribution < -0.4 is 0 Å². The van der Waals surface area contributed by atoms with E-state index in [0.29, 0.717) is 13.1 Å². The molecule has 1 aliphatic rings. The number of benzene rings is 1. The van der Waals surface area contributed by atoms with E-state index in [1.165, 1.54) is 0 Å². The summed E-state index contributed by atoms with van der Waals surface area (Å²) in [6.45, 7) is 4.04. The van der Waals surface area contributed by atoms with E-state index in [1.807, 2.05) is 34.7 Å². The minimum Gasteiger partial charge on any atom is -0.339 e. The summed E-state index contributed by atoms with van der Waals surface area (Å²) < 4.78 is 1.86. The fourth-order valence-corrected chi connectivity index (χ4v) is 2.95. The molecule has 0 fully saturated rings. The van der Waals surface area contributed by atoms with Crippen molar-refractivity contribution in [3.05, 3.63) is 54.1 Å². The molecule has 0 saturated carbocycles. The van der Waals surface area contributed by atoms with Crippen LogP contribution in [-0.4, -0.2) is 38.7 Å². The fraction of sp³-hybridized carbons (Fsp3) is 0.389. The molecule has 2 heterocycles. The third-order valence-corrected chi connectivity index (χ3v) is 4.28. The number of aromatic nitrogens is 3. The van der Waals surface area contributed by atoms with Crippen LogP contribution in [0.2, 0.25) is 0 Å². The highest BCUT2D eigenvalue weighted by molar-refractivity contribution is 5.79. The van der Waals surface area contributed by atoms with Crippen LogP contribution in [0.3, 0.4) is 0 Å². The zero-order valence-electron chi connectivity index (χ0n) is 13.4. The van der Waals surface area contributed by atoms with Crippen LogP contribution in [0, 0.1) is 5.92 Å². The van der Waals surface area contributed by atoms with E-state index in [-0.39, 0.29) is 11.8 Å². The fourth-order valence-electron chi connectivity index (χ4n) is 2.95. The molecule has 0 radical (unpaired) electrons. The lowest BCUT2D eigenvalue weighted by atomic mass is 9.98. The van der Waals surface area contributed by atoms with Gasteiger partial charge in [-0.1, -0.05) is 42.5 Å². The van der Waals surface area contributed by atoms with E-state index >= 15 is 0 Å². The Kier molecular flexibility index (Phi) is 4.86. The molecule has 120 valence electrons. The molecule has 5 nitrogen and oxygen atoms in total. The summed E-state index contributed by atoms with van der Waals surface area (Å²) in [5, 5.41) is 4.20. The third kappa shape index (κ3) is 3.67. The van der Waals surface area contributed by atoms with Crippen molar-refractivity contribution in [1.82, 2.24) is 19.7 Å². The molecule has 0 aliphatic carbocycles. The van der Waals surface area contributed by atoms with E-state index in [1.54, 1.807) is 6.33 Å². The van der Waals surface area contributed by atoms with Gasteiger partial charge in [-0.3, -0.25) is 4.79 Å². The Morgan fingerprint density at radius 3 is 3.00 bits per heavy atom. The molecule has 0 bridgehead atoms. The molecular formula is C18H22N4O. The Bertz CT molecular complexity index is 677. The maximum Gasteiger partial charge on any atom is 0.227 e. The van der Waals surface area contributed by atoms with E-state index < -0.39 is 0 Å². The summed E-state index contributed by atoms with van der Waals surface area (Å²) >= 11 is 0. The zero-order chi connectivity index (χ0) is 16.1. The summed E-state index contributed by atoms with van der Waals surface area (Å²) in [5.74, 6) is 1.21. The molecule has 3 rings (SSSR count). The monoisotopic (exact) mass is 310 g/mol. The van der Waals surface area contributed by atoms with Crippen LogP contribution in [0.15, 0.2) is 42.7 Å². The molecule has 1 aliphatic heterocycles. The molecule has 23 heavy (non-hydrogen) atoms. The molecule has 0 N–H and O–H groups in total. The first-order chi connectivity index (χ1) is 11.3. The number of carbonyl (C=O) groups is 1. The van der Waals surface area contributed by atoms with Crippen LogP contribution in [0.25, 0.3) is 6.08 Å². The van der Waals surface area contributed by atoms with Gasteiger partial charge in [-0.25, -0.2) is 9.67 Å². The van der Waals surface area contributed by atoms with Crippen molar-refractivity contribution >= 4 is 12.0 Å². The topological polar surface area (TPSA) is 51.0 Å². The van der Waals surface area contributed by atoms with Gasteiger partial charge in [0, 0.05) is 19.5 Å². The Morgan fingerprint density at radius 2 is 2.22 bits per heavy atom. The number of aryl methyl sites for hydroxylation is 1. The second-order valence-electron chi connectivity index (χ2n) is 5.78. The number of carbonyl (C=O) groups excluding carboxylic acids is 1.